The van der Waals surface area contributed by atoms with Gasteiger partial charge < -0.3 is 15.0 Å². The molecular weight excluding hydrogens is 371 g/mol. The van der Waals surface area contributed by atoms with Crippen molar-refractivity contribution in [3.8, 4) is 5.75 Å². The zero-order valence-corrected chi connectivity index (χ0v) is 16.7. The lowest BCUT2D eigenvalue weighted by atomic mass is 10.0. The summed E-state index contributed by atoms with van der Waals surface area (Å²) in [5, 5.41) is 2.87. The van der Waals surface area contributed by atoms with Crippen molar-refractivity contribution in [2.45, 2.75) is 38.6 Å². The van der Waals surface area contributed by atoms with Gasteiger partial charge in [-0.3, -0.25) is 9.59 Å². The molecule has 1 saturated heterocycles. The van der Waals surface area contributed by atoms with Gasteiger partial charge in [-0.05, 0) is 50.5 Å². The van der Waals surface area contributed by atoms with E-state index in [0.717, 1.165) is 5.75 Å². The standard InChI is InChI=1S/C23H27FN2O3/c1-17-8-10-19(11-9-17)29-16-4-7-22(27)26-14-12-18(13-15-26)25-23(28)20-5-2-3-6-21(20)24/h2-3,5-6,8-11,18H,4,7,12-16H2,1H3,(H,25,28). The molecule has 1 aliphatic heterocycles. The number of hydrogen-bond donors (Lipinski definition) is 1. The van der Waals surface area contributed by atoms with Gasteiger partial charge in [0, 0.05) is 25.6 Å². The molecule has 154 valence electrons. The Balaban J connectivity index is 1.35. The van der Waals surface area contributed by atoms with Crippen LogP contribution in [-0.2, 0) is 4.79 Å². The molecule has 2 aromatic carbocycles. The molecule has 2 amide bonds. The number of aryl methyl sites for hydroxylation is 1. The zero-order valence-electron chi connectivity index (χ0n) is 16.7. The molecule has 0 spiro atoms. The fourth-order valence-corrected chi connectivity index (χ4v) is 3.39. The SMILES string of the molecule is Cc1ccc(OCCCC(=O)N2CCC(NC(=O)c3ccccc3F)CC2)cc1. The van der Waals surface area contributed by atoms with Crippen LogP contribution in [0.4, 0.5) is 4.39 Å². The van der Waals surface area contributed by atoms with Crippen LogP contribution in [0.2, 0.25) is 0 Å². The summed E-state index contributed by atoms with van der Waals surface area (Å²) < 4.78 is 19.4. The molecule has 1 heterocycles. The van der Waals surface area contributed by atoms with E-state index in [9.17, 15) is 14.0 Å². The van der Waals surface area contributed by atoms with E-state index in [4.69, 9.17) is 4.74 Å². The number of piperidine rings is 1. The second-order valence-electron chi connectivity index (χ2n) is 7.37. The Labute approximate surface area is 170 Å². The van der Waals surface area contributed by atoms with E-state index in [1.165, 1.54) is 17.7 Å². The van der Waals surface area contributed by atoms with Gasteiger partial charge in [0.25, 0.3) is 5.91 Å². The van der Waals surface area contributed by atoms with Crippen molar-refractivity contribution in [1.82, 2.24) is 10.2 Å². The molecule has 3 rings (SSSR count). The molecule has 0 radical (unpaired) electrons. The average Bonchev–Trinajstić information content (AvgIpc) is 2.73. The number of amides is 2. The predicted molar refractivity (Wildman–Crippen MR) is 109 cm³/mol. The normalized spacial score (nSPS) is 14.5. The first-order valence-electron chi connectivity index (χ1n) is 10.1. The van der Waals surface area contributed by atoms with Gasteiger partial charge in [-0.1, -0.05) is 29.8 Å². The molecule has 5 nitrogen and oxygen atoms in total. The highest BCUT2D eigenvalue weighted by Crippen LogP contribution is 2.15. The van der Waals surface area contributed by atoms with Crippen LogP contribution < -0.4 is 10.1 Å². The monoisotopic (exact) mass is 398 g/mol. The average molecular weight is 398 g/mol. The summed E-state index contributed by atoms with van der Waals surface area (Å²) in [6.07, 6.45) is 2.45. The van der Waals surface area contributed by atoms with Crippen molar-refractivity contribution >= 4 is 11.8 Å². The van der Waals surface area contributed by atoms with Gasteiger partial charge >= 0.3 is 0 Å². The number of rotatable bonds is 7. The largest absolute Gasteiger partial charge is 0.494 e. The van der Waals surface area contributed by atoms with Gasteiger partial charge in [0.15, 0.2) is 0 Å². The summed E-state index contributed by atoms with van der Waals surface area (Å²) in [5.74, 6) is -0.00237. The topological polar surface area (TPSA) is 58.6 Å². The van der Waals surface area contributed by atoms with E-state index in [1.807, 2.05) is 36.1 Å². The Morgan fingerprint density at radius 1 is 1.10 bits per heavy atom. The molecule has 29 heavy (non-hydrogen) atoms. The summed E-state index contributed by atoms with van der Waals surface area (Å²) in [7, 11) is 0. The summed E-state index contributed by atoms with van der Waals surface area (Å²) >= 11 is 0. The first-order valence-corrected chi connectivity index (χ1v) is 10.1. The van der Waals surface area contributed by atoms with Gasteiger partial charge in [-0.15, -0.1) is 0 Å². The molecule has 1 N–H and O–H groups in total. The fourth-order valence-electron chi connectivity index (χ4n) is 3.39. The number of likely N-dealkylation sites (tertiary alicyclic amines) is 1. The van der Waals surface area contributed by atoms with Crippen molar-refractivity contribution in [2.75, 3.05) is 19.7 Å². The maximum absolute atomic E-state index is 13.7. The van der Waals surface area contributed by atoms with Gasteiger partial charge in [0.05, 0.1) is 12.2 Å². The van der Waals surface area contributed by atoms with E-state index in [0.29, 0.717) is 45.4 Å². The van der Waals surface area contributed by atoms with E-state index >= 15 is 0 Å². The zero-order chi connectivity index (χ0) is 20.6. The minimum absolute atomic E-state index is 0.0453. The second-order valence-corrected chi connectivity index (χ2v) is 7.37. The third kappa shape index (κ3) is 6.04. The number of nitrogens with zero attached hydrogens (tertiary/aromatic N) is 1. The van der Waals surface area contributed by atoms with Gasteiger partial charge in [0.2, 0.25) is 5.91 Å². The lowest BCUT2D eigenvalue weighted by Crippen LogP contribution is -2.46. The van der Waals surface area contributed by atoms with Crippen molar-refractivity contribution in [1.29, 1.82) is 0 Å². The predicted octanol–water partition coefficient (Wildman–Crippen LogP) is 3.71. The highest BCUT2D eigenvalue weighted by atomic mass is 19.1. The van der Waals surface area contributed by atoms with Crippen LogP contribution in [0.25, 0.3) is 0 Å². The molecule has 0 bridgehead atoms. The number of hydrogen-bond acceptors (Lipinski definition) is 3. The van der Waals surface area contributed by atoms with Gasteiger partial charge in [0.1, 0.15) is 11.6 Å². The maximum Gasteiger partial charge on any atom is 0.254 e. The highest BCUT2D eigenvalue weighted by molar-refractivity contribution is 5.94. The van der Waals surface area contributed by atoms with E-state index in [2.05, 4.69) is 5.32 Å². The Morgan fingerprint density at radius 2 is 1.79 bits per heavy atom. The van der Waals surface area contributed by atoms with Gasteiger partial charge in [-0.2, -0.15) is 0 Å². The van der Waals surface area contributed by atoms with E-state index < -0.39 is 11.7 Å². The first kappa shape index (κ1) is 20.8. The fraction of sp³-hybridized carbons (Fsp3) is 0.391. The molecule has 0 unspecified atom stereocenters. The molecule has 2 aromatic rings. The molecule has 0 atom stereocenters. The number of ether oxygens (including phenoxy) is 1. The summed E-state index contributed by atoms with van der Waals surface area (Å²) in [6.45, 7) is 3.72. The summed E-state index contributed by atoms with van der Waals surface area (Å²) in [5.41, 5.74) is 1.24. The minimum Gasteiger partial charge on any atom is -0.494 e. The van der Waals surface area contributed by atoms with Crippen LogP contribution in [0, 0.1) is 12.7 Å². The molecule has 0 aromatic heterocycles. The van der Waals surface area contributed by atoms with Crippen molar-refractivity contribution in [3.63, 3.8) is 0 Å². The Bertz CT molecular complexity index is 830. The van der Waals surface area contributed by atoms with Crippen LogP contribution in [0.5, 0.6) is 5.75 Å². The third-order valence-corrected chi connectivity index (χ3v) is 5.13. The quantitative estimate of drug-likeness (QED) is 0.724. The number of nitrogens with one attached hydrogen (secondary N) is 1. The maximum atomic E-state index is 13.7. The third-order valence-electron chi connectivity index (χ3n) is 5.13. The first-order chi connectivity index (χ1) is 14.0. The smallest absolute Gasteiger partial charge is 0.254 e. The van der Waals surface area contributed by atoms with Crippen LogP contribution in [0.15, 0.2) is 48.5 Å². The molecule has 0 aliphatic carbocycles. The number of halogens is 1. The molecular formula is C23H27FN2O3. The van der Waals surface area contributed by atoms with Crippen LogP contribution in [0.3, 0.4) is 0 Å². The van der Waals surface area contributed by atoms with Crippen molar-refractivity contribution < 1.29 is 18.7 Å². The van der Waals surface area contributed by atoms with E-state index in [1.54, 1.807) is 12.1 Å². The van der Waals surface area contributed by atoms with Crippen LogP contribution in [-0.4, -0.2) is 42.5 Å². The molecule has 6 heteroatoms. The minimum atomic E-state index is -0.523. The van der Waals surface area contributed by atoms with Crippen LogP contribution >= 0.6 is 0 Å². The molecule has 0 saturated carbocycles. The number of carbonyl (C=O) groups is 2. The Hall–Kier alpha value is -2.89. The molecule has 1 aliphatic rings. The van der Waals surface area contributed by atoms with Crippen molar-refractivity contribution in [3.05, 3.63) is 65.5 Å². The lowest BCUT2D eigenvalue weighted by Gasteiger charge is -2.32. The highest BCUT2D eigenvalue weighted by Gasteiger charge is 2.24. The Morgan fingerprint density at radius 3 is 2.48 bits per heavy atom. The van der Waals surface area contributed by atoms with Crippen molar-refractivity contribution in [2.24, 2.45) is 0 Å². The Kier molecular flexibility index (Phi) is 7.22. The number of benzene rings is 2. The summed E-state index contributed by atoms with van der Waals surface area (Å²) in [6, 6.07) is 13.8. The van der Waals surface area contributed by atoms with Gasteiger partial charge in [-0.25, -0.2) is 4.39 Å². The van der Waals surface area contributed by atoms with E-state index in [-0.39, 0.29) is 17.5 Å². The molecule has 1 fully saturated rings. The summed E-state index contributed by atoms with van der Waals surface area (Å²) in [4.78, 5) is 26.4. The number of carbonyl (C=O) groups excluding carboxylic acids is 2. The lowest BCUT2D eigenvalue weighted by molar-refractivity contribution is -0.132. The second kappa shape index (κ2) is 10.0. The van der Waals surface area contributed by atoms with Crippen LogP contribution in [0.1, 0.15) is 41.6 Å².